The van der Waals surface area contributed by atoms with Crippen LogP contribution in [0.15, 0.2) is 0 Å². The highest BCUT2D eigenvalue weighted by Gasteiger charge is 2.26. The Kier molecular flexibility index (Phi) is 5.45. The molecular formula is C14H26N2O2. The largest absolute Gasteiger partial charge is 0.480 e. The van der Waals surface area contributed by atoms with Crippen LogP contribution in [0.2, 0.25) is 0 Å². The molecular weight excluding hydrogens is 228 g/mol. The van der Waals surface area contributed by atoms with Crippen LogP contribution >= 0.6 is 0 Å². The van der Waals surface area contributed by atoms with Crippen LogP contribution in [0.4, 0.5) is 0 Å². The maximum Gasteiger partial charge on any atom is 0.317 e. The first-order valence-electron chi connectivity index (χ1n) is 7.42. The maximum absolute atomic E-state index is 10.5. The van der Waals surface area contributed by atoms with Crippen molar-refractivity contribution in [3.63, 3.8) is 0 Å². The average molecular weight is 254 g/mol. The molecule has 2 N–H and O–H groups in total. The summed E-state index contributed by atoms with van der Waals surface area (Å²) in [6.07, 6.45) is 9.45. The molecule has 2 rings (SSSR count). The third-order valence-corrected chi connectivity index (χ3v) is 4.35. The molecule has 2 aliphatic rings. The summed E-state index contributed by atoms with van der Waals surface area (Å²) in [5.41, 5.74) is 0. The SMILES string of the molecule is O=C(O)CNCC1CCCN(C2CCCCC2)C1. The van der Waals surface area contributed by atoms with Gasteiger partial charge in [-0.1, -0.05) is 19.3 Å². The normalized spacial score (nSPS) is 27.2. The zero-order valence-electron chi connectivity index (χ0n) is 11.2. The molecule has 0 radical (unpaired) electrons. The Hall–Kier alpha value is -0.610. The number of hydrogen-bond donors (Lipinski definition) is 2. The van der Waals surface area contributed by atoms with Crippen molar-refractivity contribution >= 4 is 5.97 Å². The number of aliphatic carboxylic acids is 1. The lowest BCUT2D eigenvalue weighted by atomic mass is 9.90. The quantitative estimate of drug-likeness (QED) is 0.784. The first-order valence-corrected chi connectivity index (χ1v) is 7.42. The number of likely N-dealkylation sites (tertiary alicyclic amines) is 1. The molecule has 104 valence electrons. The van der Waals surface area contributed by atoms with Crippen molar-refractivity contribution in [2.75, 3.05) is 26.2 Å². The fourth-order valence-corrected chi connectivity index (χ4v) is 3.42. The molecule has 1 saturated heterocycles. The lowest BCUT2D eigenvalue weighted by Crippen LogP contribution is -2.46. The van der Waals surface area contributed by atoms with Crippen LogP contribution in [-0.2, 0) is 4.79 Å². The summed E-state index contributed by atoms with van der Waals surface area (Å²) < 4.78 is 0. The van der Waals surface area contributed by atoms with Gasteiger partial charge in [-0.25, -0.2) is 0 Å². The third kappa shape index (κ3) is 4.25. The van der Waals surface area contributed by atoms with Gasteiger partial charge in [-0.3, -0.25) is 4.79 Å². The summed E-state index contributed by atoms with van der Waals surface area (Å²) in [5, 5.41) is 11.7. The Labute approximate surface area is 110 Å². The Morgan fingerprint density at radius 2 is 1.94 bits per heavy atom. The minimum Gasteiger partial charge on any atom is -0.480 e. The van der Waals surface area contributed by atoms with Gasteiger partial charge in [0.25, 0.3) is 0 Å². The van der Waals surface area contributed by atoms with Crippen LogP contribution in [0.5, 0.6) is 0 Å². The minimum absolute atomic E-state index is 0.0972. The molecule has 1 heterocycles. The fourth-order valence-electron chi connectivity index (χ4n) is 3.42. The van der Waals surface area contributed by atoms with Crippen LogP contribution in [-0.4, -0.2) is 48.2 Å². The van der Waals surface area contributed by atoms with E-state index in [1.165, 1.54) is 51.5 Å². The predicted octanol–water partition coefficient (Wildman–Crippen LogP) is 1.71. The van der Waals surface area contributed by atoms with E-state index in [4.69, 9.17) is 5.11 Å². The van der Waals surface area contributed by atoms with Gasteiger partial charge in [-0.2, -0.15) is 0 Å². The third-order valence-electron chi connectivity index (χ3n) is 4.35. The predicted molar refractivity (Wildman–Crippen MR) is 71.7 cm³/mol. The van der Waals surface area contributed by atoms with Crippen LogP contribution in [0.25, 0.3) is 0 Å². The Morgan fingerprint density at radius 1 is 1.17 bits per heavy atom. The van der Waals surface area contributed by atoms with Crippen molar-refractivity contribution in [3.05, 3.63) is 0 Å². The van der Waals surface area contributed by atoms with Gasteiger partial charge in [0.15, 0.2) is 0 Å². The number of rotatable bonds is 5. The zero-order valence-corrected chi connectivity index (χ0v) is 11.2. The Balaban J connectivity index is 1.71. The van der Waals surface area contributed by atoms with Crippen LogP contribution in [0, 0.1) is 5.92 Å². The number of carboxylic acids is 1. The van der Waals surface area contributed by atoms with Gasteiger partial charge in [0.1, 0.15) is 0 Å². The number of carboxylic acid groups (broad SMARTS) is 1. The number of carbonyl (C=O) groups is 1. The van der Waals surface area contributed by atoms with E-state index in [2.05, 4.69) is 10.2 Å². The molecule has 2 fully saturated rings. The lowest BCUT2D eigenvalue weighted by molar-refractivity contribution is -0.136. The smallest absolute Gasteiger partial charge is 0.317 e. The van der Waals surface area contributed by atoms with Crippen molar-refractivity contribution in [1.82, 2.24) is 10.2 Å². The van der Waals surface area contributed by atoms with Gasteiger partial charge in [-0.15, -0.1) is 0 Å². The van der Waals surface area contributed by atoms with Gasteiger partial charge < -0.3 is 15.3 Å². The Bertz CT molecular complexity index is 265. The van der Waals surface area contributed by atoms with E-state index < -0.39 is 5.97 Å². The standard InChI is InChI=1S/C14H26N2O2/c17-14(18)10-15-9-12-5-4-8-16(11-12)13-6-2-1-3-7-13/h12-13,15H,1-11H2,(H,17,18). The highest BCUT2D eigenvalue weighted by atomic mass is 16.4. The molecule has 18 heavy (non-hydrogen) atoms. The van der Waals surface area contributed by atoms with E-state index in [1.54, 1.807) is 0 Å². The summed E-state index contributed by atoms with van der Waals surface area (Å²) >= 11 is 0. The summed E-state index contributed by atoms with van der Waals surface area (Å²) in [4.78, 5) is 13.1. The van der Waals surface area contributed by atoms with Crippen LogP contribution < -0.4 is 5.32 Å². The molecule has 1 saturated carbocycles. The molecule has 0 spiro atoms. The van der Waals surface area contributed by atoms with Gasteiger partial charge in [-0.05, 0) is 44.7 Å². The van der Waals surface area contributed by atoms with E-state index >= 15 is 0 Å². The molecule has 0 aromatic heterocycles. The molecule has 0 amide bonds. The summed E-state index contributed by atoms with van der Waals surface area (Å²) in [6.45, 7) is 3.37. The fraction of sp³-hybridized carbons (Fsp3) is 0.929. The average Bonchev–Trinajstić information content (AvgIpc) is 2.40. The first kappa shape index (κ1) is 13.8. The maximum atomic E-state index is 10.5. The topological polar surface area (TPSA) is 52.6 Å². The van der Waals surface area contributed by atoms with Crippen LogP contribution in [0.1, 0.15) is 44.9 Å². The molecule has 1 atom stereocenters. The van der Waals surface area contributed by atoms with E-state index in [9.17, 15) is 4.79 Å². The summed E-state index contributed by atoms with van der Waals surface area (Å²) in [7, 11) is 0. The molecule has 1 unspecified atom stereocenters. The van der Waals surface area contributed by atoms with Crippen LogP contribution in [0.3, 0.4) is 0 Å². The van der Waals surface area contributed by atoms with E-state index in [0.29, 0.717) is 5.92 Å². The van der Waals surface area contributed by atoms with E-state index in [0.717, 1.165) is 19.1 Å². The summed E-state index contributed by atoms with van der Waals surface area (Å²) in [6, 6.07) is 0.807. The highest BCUT2D eigenvalue weighted by Crippen LogP contribution is 2.26. The first-order chi connectivity index (χ1) is 8.75. The van der Waals surface area contributed by atoms with Crippen molar-refractivity contribution < 1.29 is 9.90 Å². The summed E-state index contributed by atoms with van der Waals surface area (Å²) in [5.74, 6) is -0.116. The molecule has 4 nitrogen and oxygen atoms in total. The van der Waals surface area contributed by atoms with Gasteiger partial charge in [0.2, 0.25) is 0 Å². The molecule has 4 heteroatoms. The second-order valence-corrected chi connectivity index (χ2v) is 5.82. The van der Waals surface area contributed by atoms with Crippen molar-refractivity contribution in [2.24, 2.45) is 5.92 Å². The second kappa shape index (κ2) is 7.10. The molecule has 1 aliphatic carbocycles. The van der Waals surface area contributed by atoms with Crippen molar-refractivity contribution in [3.8, 4) is 0 Å². The lowest BCUT2D eigenvalue weighted by Gasteiger charge is -2.40. The highest BCUT2D eigenvalue weighted by molar-refractivity contribution is 5.68. The zero-order chi connectivity index (χ0) is 12.8. The van der Waals surface area contributed by atoms with E-state index in [1.807, 2.05) is 0 Å². The second-order valence-electron chi connectivity index (χ2n) is 5.82. The van der Waals surface area contributed by atoms with Crippen molar-refractivity contribution in [1.29, 1.82) is 0 Å². The number of piperidine rings is 1. The minimum atomic E-state index is -0.755. The molecule has 0 aromatic rings. The van der Waals surface area contributed by atoms with Gasteiger partial charge >= 0.3 is 5.97 Å². The van der Waals surface area contributed by atoms with E-state index in [-0.39, 0.29) is 6.54 Å². The van der Waals surface area contributed by atoms with Crippen molar-refractivity contribution in [2.45, 2.75) is 51.0 Å². The van der Waals surface area contributed by atoms with Gasteiger partial charge in [0, 0.05) is 12.6 Å². The van der Waals surface area contributed by atoms with Gasteiger partial charge in [0.05, 0.1) is 6.54 Å². The molecule has 0 aromatic carbocycles. The molecule has 0 bridgehead atoms. The molecule has 1 aliphatic heterocycles. The number of hydrogen-bond acceptors (Lipinski definition) is 3. The number of nitrogens with zero attached hydrogens (tertiary/aromatic N) is 1. The Morgan fingerprint density at radius 3 is 2.67 bits per heavy atom. The number of nitrogens with one attached hydrogen (secondary N) is 1. The monoisotopic (exact) mass is 254 g/mol.